The second-order valence-corrected chi connectivity index (χ2v) is 8.51. The summed E-state index contributed by atoms with van der Waals surface area (Å²) in [5.41, 5.74) is -0.377. The molecule has 110 valence electrons. The predicted octanol–water partition coefficient (Wildman–Crippen LogP) is 1.33. The monoisotopic (exact) mass is 315 g/mol. The number of aromatic amines is 1. The normalized spacial score (nSPS) is 13.0. The minimum absolute atomic E-state index is 0.0744. The molecule has 0 saturated heterocycles. The van der Waals surface area contributed by atoms with E-state index in [-0.39, 0.29) is 22.6 Å². The Bertz CT molecular complexity index is 797. The highest BCUT2D eigenvalue weighted by Gasteiger charge is 2.20. The van der Waals surface area contributed by atoms with Crippen molar-refractivity contribution >= 4 is 31.6 Å². The minimum Gasteiger partial charge on any atom is -0.309 e. The number of nitrogens with zero attached hydrogens (tertiary/aromatic N) is 1. The number of fused-ring (bicyclic) bond motifs is 1. The van der Waals surface area contributed by atoms with Gasteiger partial charge in [0.05, 0.1) is 5.39 Å². The Morgan fingerprint density at radius 1 is 1.40 bits per heavy atom. The molecule has 2 heterocycles. The van der Waals surface area contributed by atoms with Gasteiger partial charge in [-0.2, -0.15) is 0 Å². The van der Waals surface area contributed by atoms with Gasteiger partial charge in [0.2, 0.25) is 10.0 Å². The molecule has 8 heteroatoms. The van der Waals surface area contributed by atoms with Gasteiger partial charge in [-0.05, 0) is 18.5 Å². The van der Waals surface area contributed by atoms with E-state index in [1.54, 1.807) is 0 Å². The van der Waals surface area contributed by atoms with Gasteiger partial charge >= 0.3 is 0 Å². The van der Waals surface area contributed by atoms with Crippen molar-refractivity contribution in [1.29, 1.82) is 0 Å². The van der Waals surface area contributed by atoms with E-state index in [1.165, 1.54) is 18.4 Å². The summed E-state index contributed by atoms with van der Waals surface area (Å²) < 4.78 is 25.2. The summed E-state index contributed by atoms with van der Waals surface area (Å²) in [5, 5.41) is 0.505. The van der Waals surface area contributed by atoms with Crippen LogP contribution in [0, 0.1) is 0 Å². The maximum Gasteiger partial charge on any atom is 0.259 e. The van der Waals surface area contributed by atoms with Gasteiger partial charge in [0.15, 0.2) is 0 Å². The maximum absolute atomic E-state index is 12.0. The van der Waals surface area contributed by atoms with Crippen molar-refractivity contribution in [2.24, 2.45) is 0 Å². The number of nitrogens with one attached hydrogen (secondary N) is 2. The van der Waals surface area contributed by atoms with Crippen LogP contribution in [0.15, 0.2) is 10.9 Å². The third kappa shape index (κ3) is 3.08. The highest BCUT2D eigenvalue weighted by atomic mass is 32.2. The molecule has 20 heavy (non-hydrogen) atoms. The van der Waals surface area contributed by atoms with Gasteiger partial charge in [-0.3, -0.25) is 4.79 Å². The number of sulfonamides is 1. The molecule has 2 rings (SSSR count). The molecule has 0 aliphatic rings. The lowest BCUT2D eigenvalue weighted by Gasteiger charge is -2.14. The predicted molar refractivity (Wildman–Crippen MR) is 80.6 cm³/mol. The van der Waals surface area contributed by atoms with E-state index in [2.05, 4.69) is 35.5 Å². The fraction of sp³-hybridized carbons (Fsp3) is 0.500. The molecular weight excluding hydrogens is 298 g/mol. The first-order chi connectivity index (χ1) is 9.12. The summed E-state index contributed by atoms with van der Waals surface area (Å²) in [4.78, 5) is 20.4. The molecule has 0 spiro atoms. The van der Waals surface area contributed by atoms with E-state index in [4.69, 9.17) is 0 Å². The number of aromatic nitrogens is 2. The molecule has 0 atom stereocenters. The molecule has 6 nitrogen and oxygen atoms in total. The smallest absolute Gasteiger partial charge is 0.259 e. The van der Waals surface area contributed by atoms with Crippen LogP contribution >= 0.6 is 11.3 Å². The number of hydrogen-bond donors (Lipinski definition) is 2. The molecule has 2 N–H and O–H groups in total. The van der Waals surface area contributed by atoms with Crippen LogP contribution in [0.25, 0.3) is 10.2 Å². The Hall–Kier alpha value is -1.25. The van der Waals surface area contributed by atoms with Crippen LogP contribution in [0.4, 0.5) is 0 Å². The molecule has 0 radical (unpaired) electrons. The Balaban J connectivity index is 2.55. The molecule has 0 saturated carbocycles. The Kier molecular flexibility index (Phi) is 3.74. The molecule has 2 aromatic heterocycles. The van der Waals surface area contributed by atoms with Crippen LogP contribution < -0.4 is 10.3 Å². The fourth-order valence-electron chi connectivity index (χ4n) is 1.67. The van der Waals surface area contributed by atoms with Crippen LogP contribution in [0.5, 0.6) is 0 Å². The van der Waals surface area contributed by atoms with Crippen molar-refractivity contribution in [2.45, 2.75) is 31.9 Å². The van der Waals surface area contributed by atoms with Gasteiger partial charge in [-0.25, -0.2) is 18.1 Å². The van der Waals surface area contributed by atoms with Crippen LogP contribution in [-0.2, 0) is 21.2 Å². The van der Waals surface area contributed by atoms with Crippen molar-refractivity contribution in [3.8, 4) is 0 Å². The van der Waals surface area contributed by atoms with Gasteiger partial charge < -0.3 is 4.98 Å². The zero-order valence-corrected chi connectivity index (χ0v) is 13.4. The zero-order valence-electron chi connectivity index (χ0n) is 11.8. The number of hydrogen-bond acceptors (Lipinski definition) is 5. The first-order valence-corrected chi connectivity index (χ1v) is 8.54. The largest absolute Gasteiger partial charge is 0.309 e. The zero-order chi connectivity index (χ0) is 15.1. The number of H-pyrrole nitrogens is 1. The summed E-state index contributed by atoms with van der Waals surface area (Å²) in [6.07, 6.45) is 0. The minimum atomic E-state index is -3.46. The lowest BCUT2D eigenvalue weighted by Crippen LogP contribution is -2.23. The van der Waals surface area contributed by atoms with Gasteiger partial charge in [0, 0.05) is 4.88 Å². The van der Waals surface area contributed by atoms with Crippen LogP contribution in [0.1, 0.15) is 31.5 Å². The number of rotatable bonds is 3. The van der Waals surface area contributed by atoms with E-state index >= 15 is 0 Å². The standard InChI is InChI=1S/C12H17N3O3S2/c1-12(2,3)8-5-7-10(16)14-9(15-11(7)19-8)6-20(17,18)13-4/h5,13H,6H2,1-4H3,(H,14,15,16). The number of thiophene rings is 1. The lowest BCUT2D eigenvalue weighted by atomic mass is 9.94. The molecular formula is C12H17N3O3S2. The van der Waals surface area contributed by atoms with Crippen LogP contribution in [0.3, 0.4) is 0 Å². The topological polar surface area (TPSA) is 91.9 Å². The molecule has 0 aromatic carbocycles. The molecule has 0 aliphatic heterocycles. The van der Waals surface area contributed by atoms with Gasteiger partial charge in [-0.1, -0.05) is 20.8 Å². The summed E-state index contributed by atoms with van der Waals surface area (Å²) in [6, 6.07) is 1.82. The van der Waals surface area contributed by atoms with Crippen molar-refractivity contribution in [3.63, 3.8) is 0 Å². The van der Waals surface area contributed by atoms with Gasteiger partial charge in [-0.15, -0.1) is 11.3 Å². The Labute approximate surface area is 121 Å². The summed E-state index contributed by atoms with van der Waals surface area (Å²) in [6.45, 7) is 6.16. The van der Waals surface area contributed by atoms with E-state index in [1.807, 2.05) is 6.07 Å². The molecule has 0 fully saturated rings. The van der Waals surface area contributed by atoms with Crippen molar-refractivity contribution in [2.75, 3.05) is 7.05 Å². The molecule has 0 bridgehead atoms. The SMILES string of the molecule is CNS(=O)(=O)Cc1nc2sc(C(C)(C)C)cc2c(=O)[nH]1. The van der Waals surface area contributed by atoms with Crippen LogP contribution in [-0.4, -0.2) is 25.4 Å². The average Bonchev–Trinajstić information content (AvgIpc) is 2.72. The van der Waals surface area contributed by atoms with Gasteiger partial charge in [0.1, 0.15) is 16.4 Å². The van der Waals surface area contributed by atoms with E-state index in [0.717, 1.165) is 4.88 Å². The third-order valence-corrected chi connectivity index (χ3v) is 5.56. The van der Waals surface area contributed by atoms with E-state index in [0.29, 0.717) is 10.2 Å². The highest BCUT2D eigenvalue weighted by Crippen LogP contribution is 2.31. The Morgan fingerprint density at radius 2 is 2.05 bits per heavy atom. The van der Waals surface area contributed by atoms with Crippen molar-refractivity contribution in [1.82, 2.24) is 14.7 Å². The molecule has 0 aliphatic carbocycles. The lowest BCUT2D eigenvalue weighted by molar-refractivity contribution is 0.586. The quantitative estimate of drug-likeness (QED) is 0.894. The second kappa shape index (κ2) is 4.94. The molecule has 0 unspecified atom stereocenters. The summed E-state index contributed by atoms with van der Waals surface area (Å²) in [7, 11) is -2.13. The van der Waals surface area contributed by atoms with Crippen LogP contribution in [0.2, 0.25) is 0 Å². The van der Waals surface area contributed by atoms with Gasteiger partial charge in [0.25, 0.3) is 5.56 Å². The first kappa shape index (κ1) is 15.1. The van der Waals surface area contributed by atoms with E-state index < -0.39 is 10.0 Å². The summed E-state index contributed by atoms with van der Waals surface area (Å²) >= 11 is 1.42. The molecule has 0 amide bonds. The maximum atomic E-state index is 12.0. The first-order valence-electron chi connectivity index (χ1n) is 6.07. The molecule has 2 aromatic rings. The highest BCUT2D eigenvalue weighted by molar-refractivity contribution is 7.88. The average molecular weight is 315 g/mol. The fourth-order valence-corrected chi connectivity index (χ4v) is 3.42. The Morgan fingerprint density at radius 3 is 2.60 bits per heavy atom. The summed E-state index contributed by atoms with van der Waals surface area (Å²) in [5.74, 6) is -0.184. The van der Waals surface area contributed by atoms with Crippen molar-refractivity contribution in [3.05, 3.63) is 27.1 Å². The van der Waals surface area contributed by atoms with Crippen molar-refractivity contribution < 1.29 is 8.42 Å². The van der Waals surface area contributed by atoms with E-state index in [9.17, 15) is 13.2 Å². The third-order valence-electron chi connectivity index (χ3n) is 2.83. The second-order valence-electron chi connectivity index (χ2n) is 5.56.